The van der Waals surface area contributed by atoms with Crippen molar-refractivity contribution in [2.24, 2.45) is 0 Å². The lowest BCUT2D eigenvalue weighted by molar-refractivity contribution is -0.132. The number of benzene rings is 1. The smallest absolute Gasteiger partial charge is 0.242 e. The Labute approximate surface area is 147 Å². The normalized spacial score (nSPS) is 15.8. The maximum absolute atomic E-state index is 12.7. The molecule has 0 aliphatic carbocycles. The van der Waals surface area contributed by atoms with Gasteiger partial charge in [-0.1, -0.05) is 18.2 Å². The maximum atomic E-state index is 12.7. The number of para-hydroxylation sites is 1. The minimum atomic E-state index is 0.191. The highest BCUT2D eigenvalue weighted by molar-refractivity contribution is 5.83. The van der Waals surface area contributed by atoms with Gasteiger partial charge in [0, 0.05) is 37.3 Å². The first-order chi connectivity index (χ1) is 12.3. The predicted octanol–water partition coefficient (Wildman–Crippen LogP) is 2.66. The zero-order chi connectivity index (χ0) is 17.2. The molecular formula is C19H23N5O. The van der Waals surface area contributed by atoms with E-state index in [0.717, 1.165) is 43.8 Å². The van der Waals surface area contributed by atoms with Gasteiger partial charge < -0.3 is 14.0 Å². The molecule has 0 bridgehead atoms. The SMILES string of the molecule is CCn1cnnc1C1CCN(C(=O)Cn2ccc3ccccc32)CC1. The number of piperidine rings is 1. The molecule has 1 fully saturated rings. The highest BCUT2D eigenvalue weighted by atomic mass is 16.2. The van der Waals surface area contributed by atoms with Crippen LogP contribution >= 0.6 is 0 Å². The Kier molecular flexibility index (Phi) is 4.26. The molecule has 6 nitrogen and oxygen atoms in total. The van der Waals surface area contributed by atoms with Gasteiger partial charge in [0.2, 0.25) is 5.91 Å². The van der Waals surface area contributed by atoms with Crippen LogP contribution in [0.3, 0.4) is 0 Å². The van der Waals surface area contributed by atoms with Crippen LogP contribution in [0.2, 0.25) is 0 Å². The number of aromatic nitrogens is 4. The maximum Gasteiger partial charge on any atom is 0.242 e. The first-order valence-corrected chi connectivity index (χ1v) is 8.95. The molecule has 2 aromatic heterocycles. The summed E-state index contributed by atoms with van der Waals surface area (Å²) in [5, 5.41) is 9.49. The molecule has 1 aliphatic rings. The molecule has 0 N–H and O–H groups in total. The number of rotatable bonds is 4. The first-order valence-electron chi connectivity index (χ1n) is 8.95. The van der Waals surface area contributed by atoms with E-state index < -0.39 is 0 Å². The molecule has 6 heteroatoms. The second-order valence-corrected chi connectivity index (χ2v) is 6.63. The van der Waals surface area contributed by atoms with Crippen LogP contribution in [0, 0.1) is 0 Å². The van der Waals surface area contributed by atoms with Gasteiger partial charge in [-0.2, -0.15) is 0 Å². The topological polar surface area (TPSA) is 56.0 Å². The fourth-order valence-corrected chi connectivity index (χ4v) is 3.73. The highest BCUT2D eigenvalue weighted by Gasteiger charge is 2.26. The second-order valence-electron chi connectivity index (χ2n) is 6.63. The lowest BCUT2D eigenvalue weighted by Crippen LogP contribution is -2.40. The highest BCUT2D eigenvalue weighted by Crippen LogP contribution is 2.27. The third-order valence-electron chi connectivity index (χ3n) is 5.18. The van der Waals surface area contributed by atoms with Crippen molar-refractivity contribution >= 4 is 16.8 Å². The van der Waals surface area contributed by atoms with Crippen molar-refractivity contribution in [2.75, 3.05) is 13.1 Å². The quantitative estimate of drug-likeness (QED) is 0.735. The summed E-state index contributed by atoms with van der Waals surface area (Å²) in [6.07, 6.45) is 5.71. The fraction of sp³-hybridized carbons (Fsp3) is 0.421. The number of carbonyl (C=O) groups is 1. The summed E-state index contributed by atoms with van der Waals surface area (Å²) in [6.45, 7) is 4.98. The predicted molar refractivity (Wildman–Crippen MR) is 96.2 cm³/mol. The van der Waals surface area contributed by atoms with Crippen LogP contribution in [0.5, 0.6) is 0 Å². The molecule has 0 unspecified atom stereocenters. The van der Waals surface area contributed by atoms with Crippen molar-refractivity contribution in [3.63, 3.8) is 0 Å². The van der Waals surface area contributed by atoms with Crippen molar-refractivity contribution in [3.8, 4) is 0 Å². The monoisotopic (exact) mass is 337 g/mol. The van der Waals surface area contributed by atoms with Crippen LogP contribution in [0.15, 0.2) is 42.9 Å². The number of aryl methyl sites for hydroxylation is 1. The fourth-order valence-electron chi connectivity index (χ4n) is 3.73. The van der Waals surface area contributed by atoms with E-state index >= 15 is 0 Å². The van der Waals surface area contributed by atoms with Gasteiger partial charge in [-0.15, -0.1) is 10.2 Å². The number of likely N-dealkylation sites (tertiary alicyclic amines) is 1. The number of nitrogens with zero attached hydrogens (tertiary/aromatic N) is 5. The Balaban J connectivity index is 1.40. The van der Waals surface area contributed by atoms with Crippen molar-refractivity contribution < 1.29 is 4.79 Å². The largest absolute Gasteiger partial charge is 0.341 e. The summed E-state index contributed by atoms with van der Waals surface area (Å²) in [5.41, 5.74) is 1.11. The molecule has 1 aliphatic heterocycles. The van der Waals surface area contributed by atoms with E-state index in [4.69, 9.17) is 0 Å². The molecule has 1 saturated heterocycles. The van der Waals surface area contributed by atoms with E-state index in [1.807, 2.05) is 27.8 Å². The van der Waals surface area contributed by atoms with Gasteiger partial charge in [-0.3, -0.25) is 4.79 Å². The molecule has 1 aromatic carbocycles. The molecule has 3 aromatic rings. The zero-order valence-corrected chi connectivity index (χ0v) is 14.5. The van der Waals surface area contributed by atoms with Crippen molar-refractivity contribution in [2.45, 2.75) is 38.8 Å². The second kappa shape index (κ2) is 6.70. The van der Waals surface area contributed by atoms with Crippen LogP contribution in [-0.2, 0) is 17.9 Å². The number of hydrogen-bond donors (Lipinski definition) is 0. The Morgan fingerprint density at radius 1 is 1.16 bits per heavy atom. The van der Waals surface area contributed by atoms with Crippen LogP contribution in [0.4, 0.5) is 0 Å². The first kappa shape index (κ1) is 15.9. The molecule has 0 saturated carbocycles. The van der Waals surface area contributed by atoms with Gasteiger partial charge >= 0.3 is 0 Å². The third kappa shape index (κ3) is 3.04. The average molecular weight is 337 g/mol. The van der Waals surface area contributed by atoms with Gasteiger partial charge in [0.1, 0.15) is 18.7 Å². The molecule has 0 atom stereocenters. The lowest BCUT2D eigenvalue weighted by Gasteiger charge is -2.31. The summed E-state index contributed by atoms with van der Waals surface area (Å²) in [5.74, 6) is 1.65. The molecule has 130 valence electrons. The average Bonchev–Trinajstić information content (AvgIpc) is 3.29. The van der Waals surface area contributed by atoms with Gasteiger partial charge in [-0.05, 0) is 37.3 Å². The van der Waals surface area contributed by atoms with Crippen LogP contribution < -0.4 is 0 Å². The van der Waals surface area contributed by atoms with E-state index in [0.29, 0.717) is 12.5 Å². The van der Waals surface area contributed by atoms with E-state index in [-0.39, 0.29) is 5.91 Å². The minimum Gasteiger partial charge on any atom is -0.341 e. The third-order valence-corrected chi connectivity index (χ3v) is 5.18. The van der Waals surface area contributed by atoms with Gasteiger partial charge in [-0.25, -0.2) is 0 Å². The molecule has 0 spiro atoms. The number of carbonyl (C=O) groups excluding carboxylic acids is 1. The summed E-state index contributed by atoms with van der Waals surface area (Å²) in [4.78, 5) is 14.7. The Morgan fingerprint density at radius 3 is 2.76 bits per heavy atom. The number of amides is 1. The lowest BCUT2D eigenvalue weighted by atomic mass is 9.96. The van der Waals surface area contributed by atoms with Crippen LogP contribution in [-0.4, -0.2) is 43.2 Å². The Hall–Kier alpha value is -2.63. The molecule has 25 heavy (non-hydrogen) atoms. The van der Waals surface area contributed by atoms with Gasteiger partial charge in [0.15, 0.2) is 0 Å². The molecule has 3 heterocycles. The standard InChI is InChI=1S/C19H23N5O/c1-2-22-14-20-21-19(22)16-8-10-23(11-9-16)18(25)13-24-12-7-15-5-3-4-6-17(15)24/h3-7,12,14,16H,2,8-11,13H2,1H3. The van der Waals surface area contributed by atoms with E-state index in [1.54, 1.807) is 6.33 Å². The van der Waals surface area contributed by atoms with E-state index in [2.05, 4.69) is 39.9 Å². The summed E-state index contributed by atoms with van der Waals surface area (Å²) >= 11 is 0. The molecule has 0 radical (unpaired) electrons. The zero-order valence-electron chi connectivity index (χ0n) is 14.5. The summed E-state index contributed by atoms with van der Waals surface area (Å²) in [7, 11) is 0. The number of hydrogen-bond acceptors (Lipinski definition) is 3. The molecular weight excluding hydrogens is 314 g/mol. The Morgan fingerprint density at radius 2 is 1.96 bits per heavy atom. The van der Waals surface area contributed by atoms with E-state index in [9.17, 15) is 4.79 Å². The van der Waals surface area contributed by atoms with Gasteiger partial charge in [0.25, 0.3) is 0 Å². The number of fused-ring (bicyclic) bond motifs is 1. The van der Waals surface area contributed by atoms with Crippen LogP contribution in [0.1, 0.15) is 31.5 Å². The van der Waals surface area contributed by atoms with Crippen molar-refractivity contribution in [1.82, 2.24) is 24.2 Å². The van der Waals surface area contributed by atoms with Crippen molar-refractivity contribution in [1.29, 1.82) is 0 Å². The van der Waals surface area contributed by atoms with E-state index in [1.165, 1.54) is 5.39 Å². The molecule has 1 amide bonds. The van der Waals surface area contributed by atoms with Crippen molar-refractivity contribution in [3.05, 3.63) is 48.7 Å². The van der Waals surface area contributed by atoms with Crippen LogP contribution in [0.25, 0.3) is 10.9 Å². The summed E-state index contributed by atoms with van der Waals surface area (Å²) < 4.78 is 4.14. The minimum absolute atomic E-state index is 0.191. The molecule has 4 rings (SSSR count). The summed E-state index contributed by atoms with van der Waals surface area (Å²) in [6, 6.07) is 10.2. The Bertz CT molecular complexity index is 873. The van der Waals surface area contributed by atoms with Gasteiger partial charge in [0.05, 0.1) is 0 Å².